The van der Waals surface area contributed by atoms with Crippen molar-refractivity contribution < 1.29 is 19.3 Å². The lowest BCUT2D eigenvalue weighted by molar-refractivity contribution is -0.247. The molecule has 106 valence electrons. The largest absolute Gasteiger partial charge is 0.379 e. The van der Waals surface area contributed by atoms with E-state index in [0.29, 0.717) is 18.6 Å². The molecule has 0 aliphatic rings. The summed E-state index contributed by atoms with van der Waals surface area (Å²) in [4.78, 5) is 21.5. The number of hydrogen-bond acceptors (Lipinski definition) is 4. The molecule has 0 radical (unpaired) electrons. The molecular weight excluding hydrogens is 244 g/mol. The smallest absolute Gasteiger partial charge is 0.373 e. The highest BCUT2D eigenvalue weighted by atomic mass is 17.2. The molecular formula is C15H22O4. The normalized spacial score (nSPS) is 11.4. The molecule has 0 aliphatic carbocycles. The van der Waals surface area contributed by atoms with Crippen molar-refractivity contribution in [1.29, 1.82) is 0 Å². The molecule has 0 heterocycles. The van der Waals surface area contributed by atoms with Crippen LogP contribution in [0, 0.1) is 13.8 Å². The summed E-state index contributed by atoms with van der Waals surface area (Å²) in [6.45, 7) is 8.05. The standard InChI is InChI=1S/C15H22O4/c1-11-6-7-13(12(2)10-11)14(16)19-18-9-8-15(3,4)17-5/h6-7,10H,8-9H2,1-5H3. The molecule has 1 rings (SSSR count). The molecule has 0 spiro atoms. The predicted octanol–water partition coefficient (Wildman–Crippen LogP) is 3.21. The van der Waals surface area contributed by atoms with E-state index in [1.54, 1.807) is 13.2 Å². The fourth-order valence-electron chi connectivity index (χ4n) is 1.57. The number of benzene rings is 1. The van der Waals surface area contributed by atoms with Crippen molar-refractivity contribution in [3.63, 3.8) is 0 Å². The van der Waals surface area contributed by atoms with Crippen LogP contribution in [0.1, 0.15) is 41.8 Å². The summed E-state index contributed by atoms with van der Waals surface area (Å²) in [5.74, 6) is -0.465. The molecule has 0 amide bonds. The molecule has 19 heavy (non-hydrogen) atoms. The topological polar surface area (TPSA) is 44.8 Å². The summed E-state index contributed by atoms with van der Waals surface area (Å²) in [6.07, 6.45) is 0.643. The molecule has 0 saturated heterocycles. The van der Waals surface area contributed by atoms with E-state index in [4.69, 9.17) is 14.5 Å². The van der Waals surface area contributed by atoms with Crippen molar-refractivity contribution in [1.82, 2.24) is 0 Å². The number of hydrogen-bond donors (Lipinski definition) is 0. The second-order valence-corrected chi connectivity index (χ2v) is 5.22. The Labute approximate surface area is 114 Å². The summed E-state index contributed by atoms with van der Waals surface area (Å²) in [5.41, 5.74) is 2.23. The summed E-state index contributed by atoms with van der Waals surface area (Å²) >= 11 is 0. The van der Waals surface area contributed by atoms with Crippen molar-refractivity contribution in [2.45, 2.75) is 39.7 Å². The number of aryl methyl sites for hydroxylation is 2. The number of methoxy groups -OCH3 is 1. The van der Waals surface area contributed by atoms with E-state index in [-0.39, 0.29) is 5.60 Å². The summed E-state index contributed by atoms with van der Waals surface area (Å²) in [6, 6.07) is 5.55. The Bertz CT molecular complexity index is 438. The highest BCUT2D eigenvalue weighted by Crippen LogP contribution is 2.14. The van der Waals surface area contributed by atoms with Gasteiger partial charge in [-0.25, -0.2) is 4.79 Å². The van der Waals surface area contributed by atoms with E-state index in [9.17, 15) is 4.79 Å². The van der Waals surface area contributed by atoms with Gasteiger partial charge in [-0.05, 0) is 39.3 Å². The molecule has 0 fully saturated rings. The third kappa shape index (κ3) is 5.01. The fraction of sp³-hybridized carbons (Fsp3) is 0.533. The average Bonchev–Trinajstić information content (AvgIpc) is 2.34. The lowest BCUT2D eigenvalue weighted by Crippen LogP contribution is -2.24. The molecule has 0 N–H and O–H groups in total. The van der Waals surface area contributed by atoms with Crippen LogP contribution in [0.2, 0.25) is 0 Å². The van der Waals surface area contributed by atoms with Gasteiger partial charge in [0.05, 0.1) is 17.8 Å². The van der Waals surface area contributed by atoms with E-state index >= 15 is 0 Å². The van der Waals surface area contributed by atoms with Crippen molar-refractivity contribution >= 4 is 5.97 Å². The first kappa shape index (κ1) is 15.7. The summed E-state index contributed by atoms with van der Waals surface area (Å²) in [5, 5.41) is 0. The molecule has 4 heteroatoms. The second-order valence-electron chi connectivity index (χ2n) is 5.22. The lowest BCUT2D eigenvalue weighted by Gasteiger charge is -2.21. The van der Waals surface area contributed by atoms with Gasteiger partial charge >= 0.3 is 5.97 Å². The minimum atomic E-state index is -0.465. The number of rotatable bonds is 6. The van der Waals surface area contributed by atoms with Gasteiger partial charge in [-0.3, -0.25) is 4.89 Å². The van der Waals surface area contributed by atoms with Crippen molar-refractivity contribution in [3.8, 4) is 0 Å². The van der Waals surface area contributed by atoms with Gasteiger partial charge in [0.2, 0.25) is 0 Å². The molecule has 0 unspecified atom stereocenters. The Morgan fingerprint density at radius 1 is 1.26 bits per heavy atom. The maximum absolute atomic E-state index is 11.8. The Morgan fingerprint density at radius 3 is 2.53 bits per heavy atom. The van der Waals surface area contributed by atoms with Crippen LogP contribution in [0.5, 0.6) is 0 Å². The van der Waals surface area contributed by atoms with Gasteiger partial charge in [-0.15, -0.1) is 0 Å². The van der Waals surface area contributed by atoms with Gasteiger partial charge in [0.15, 0.2) is 0 Å². The summed E-state index contributed by atoms with van der Waals surface area (Å²) < 4.78 is 5.24. The first-order valence-electron chi connectivity index (χ1n) is 6.32. The first-order valence-corrected chi connectivity index (χ1v) is 6.32. The Kier molecular flexibility index (Phi) is 5.51. The molecule has 0 aliphatic heterocycles. The quantitative estimate of drug-likeness (QED) is 0.450. The van der Waals surface area contributed by atoms with E-state index < -0.39 is 5.97 Å². The second kappa shape index (κ2) is 6.68. The van der Waals surface area contributed by atoms with Crippen molar-refractivity contribution in [2.75, 3.05) is 13.7 Å². The zero-order valence-electron chi connectivity index (χ0n) is 12.3. The highest BCUT2D eigenvalue weighted by Gasteiger charge is 2.17. The van der Waals surface area contributed by atoms with Crippen LogP contribution in [0.15, 0.2) is 18.2 Å². The molecule has 1 aromatic rings. The van der Waals surface area contributed by atoms with Gasteiger partial charge in [0.1, 0.15) is 0 Å². The highest BCUT2D eigenvalue weighted by molar-refractivity contribution is 5.90. The number of carbonyl (C=O) groups excluding carboxylic acids is 1. The minimum Gasteiger partial charge on any atom is -0.379 e. The van der Waals surface area contributed by atoms with Gasteiger partial charge in [-0.1, -0.05) is 17.7 Å². The Hall–Kier alpha value is -1.39. The van der Waals surface area contributed by atoms with Crippen molar-refractivity contribution in [2.24, 2.45) is 0 Å². The van der Waals surface area contributed by atoms with E-state index in [1.165, 1.54) is 0 Å². The van der Waals surface area contributed by atoms with E-state index in [1.807, 2.05) is 39.8 Å². The van der Waals surface area contributed by atoms with Crippen molar-refractivity contribution in [3.05, 3.63) is 34.9 Å². The Morgan fingerprint density at radius 2 is 1.95 bits per heavy atom. The third-order valence-electron chi connectivity index (χ3n) is 3.08. The van der Waals surface area contributed by atoms with E-state index in [2.05, 4.69) is 0 Å². The van der Waals surface area contributed by atoms with Crippen LogP contribution in [0.4, 0.5) is 0 Å². The molecule has 1 aromatic carbocycles. The van der Waals surface area contributed by atoms with Crippen LogP contribution in [0.3, 0.4) is 0 Å². The van der Waals surface area contributed by atoms with Gasteiger partial charge in [0.25, 0.3) is 0 Å². The summed E-state index contributed by atoms with van der Waals surface area (Å²) in [7, 11) is 1.64. The number of carbonyl (C=O) groups is 1. The van der Waals surface area contributed by atoms with Gasteiger partial charge in [0, 0.05) is 13.5 Å². The minimum absolute atomic E-state index is 0.286. The molecule has 0 aromatic heterocycles. The predicted molar refractivity (Wildman–Crippen MR) is 73.0 cm³/mol. The average molecular weight is 266 g/mol. The monoisotopic (exact) mass is 266 g/mol. The first-order chi connectivity index (χ1) is 8.85. The maximum atomic E-state index is 11.8. The molecule has 0 bridgehead atoms. The van der Waals surface area contributed by atoms with Gasteiger partial charge < -0.3 is 4.74 Å². The fourth-order valence-corrected chi connectivity index (χ4v) is 1.57. The van der Waals surface area contributed by atoms with Crippen LogP contribution < -0.4 is 0 Å². The number of ether oxygens (including phenoxy) is 1. The van der Waals surface area contributed by atoms with Crippen LogP contribution in [-0.4, -0.2) is 25.3 Å². The van der Waals surface area contributed by atoms with Crippen LogP contribution >= 0.6 is 0 Å². The van der Waals surface area contributed by atoms with Crippen LogP contribution in [0.25, 0.3) is 0 Å². The van der Waals surface area contributed by atoms with Crippen LogP contribution in [-0.2, 0) is 14.5 Å². The Balaban J connectivity index is 2.44. The maximum Gasteiger partial charge on any atom is 0.373 e. The molecule has 0 atom stereocenters. The lowest BCUT2D eigenvalue weighted by atomic mass is 10.1. The van der Waals surface area contributed by atoms with Gasteiger partial charge in [-0.2, -0.15) is 4.89 Å². The van der Waals surface area contributed by atoms with E-state index in [0.717, 1.165) is 11.1 Å². The molecule has 0 saturated carbocycles. The zero-order chi connectivity index (χ0) is 14.5. The third-order valence-corrected chi connectivity index (χ3v) is 3.08. The zero-order valence-corrected chi connectivity index (χ0v) is 12.3. The molecule has 4 nitrogen and oxygen atoms in total. The SMILES string of the molecule is COC(C)(C)CCOOC(=O)c1ccc(C)cc1C.